The Morgan fingerprint density at radius 1 is 1.07 bits per heavy atom. The molecule has 0 unspecified atom stereocenters. The summed E-state index contributed by atoms with van der Waals surface area (Å²) in [5.41, 5.74) is 1.89. The van der Waals surface area contributed by atoms with Crippen molar-refractivity contribution >= 4 is 29.9 Å². The van der Waals surface area contributed by atoms with Crippen molar-refractivity contribution in [2.45, 2.75) is 69.9 Å². The first-order valence-electron chi connectivity index (χ1n) is 11.0. The highest BCUT2D eigenvalue weighted by Gasteiger charge is 2.42. The third-order valence-electron chi connectivity index (χ3n) is 6.94. The first-order valence-corrected chi connectivity index (χ1v) is 11.0. The molecule has 0 radical (unpaired) electrons. The van der Waals surface area contributed by atoms with Crippen LogP contribution in [0.1, 0.15) is 56.9 Å². The van der Waals surface area contributed by atoms with E-state index in [2.05, 4.69) is 50.9 Å². The van der Waals surface area contributed by atoms with E-state index in [-0.39, 0.29) is 24.0 Å². The van der Waals surface area contributed by atoms with Crippen LogP contribution in [0.3, 0.4) is 0 Å². The molecule has 1 saturated heterocycles. The molecule has 0 bridgehead atoms. The van der Waals surface area contributed by atoms with Crippen LogP contribution in [0, 0.1) is 5.41 Å². The highest BCUT2D eigenvalue weighted by Crippen LogP contribution is 2.47. The average molecular weight is 496 g/mol. The van der Waals surface area contributed by atoms with E-state index >= 15 is 0 Å². The molecule has 1 aliphatic heterocycles. The maximum absolute atomic E-state index is 4.50. The molecule has 0 atom stereocenters. The fourth-order valence-corrected chi connectivity index (χ4v) is 4.96. The van der Waals surface area contributed by atoms with Crippen LogP contribution in [-0.4, -0.2) is 49.6 Å². The molecule has 1 aromatic carbocycles. The maximum atomic E-state index is 4.50. The van der Waals surface area contributed by atoms with E-state index in [9.17, 15) is 0 Å². The summed E-state index contributed by atoms with van der Waals surface area (Å²) in [4.78, 5) is 7.23. The lowest BCUT2D eigenvalue weighted by Crippen LogP contribution is -2.51. The molecule has 4 nitrogen and oxygen atoms in total. The molecule has 0 amide bonds. The van der Waals surface area contributed by atoms with Gasteiger partial charge in [0.25, 0.3) is 0 Å². The van der Waals surface area contributed by atoms with Gasteiger partial charge in [-0.25, -0.2) is 0 Å². The average Bonchev–Trinajstić information content (AvgIpc) is 3.25. The molecule has 2 aliphatic carbocycles. The normalized spacial score (nSPS) is 23.2. The quantitative estimate of drug-likeness (QED) is 0.353. The van der Waals surface area contributed by atoms with Crippen molar-refractivity contribution in [2.75, 3.05) is 26.7 Å². The molecule has 1 aromatic rings. The molecule has 1 heterocycles. The van der Waals surface area contributed by atoms with Crippen molar-refractivity contribution in [3.8, 4) is 0 Å². The van der Waals surface area contributed by atoms with E-state index in [4.69, 9.17) is 0 Å². The maximum Gasteiger partial charge on any atom is 0.191 e. The van der Waals surface area contributed by atoms with Crippen LogP contribution in [0.5, 0.6) is 0 Å². The van der Waals surface area contributed by atoms with Gasteiger partial charge in [-0.2, -0.15) is 0 Å². The summed E-state index contributed by atoms with van der Waals surface area (Å²) < 4.78 is 0. The highest BCUT2D eigenvalue weighted by molar-refractivity contribution is 14.0. The second-order valence-electron chi connectivity index (χ2n) is 8.98. The van der Waals surface area contributed by atoms with Crippen LogP contribution >= 0.6 is 24.0 Å². The van der Waals surface area contributed by atoms with E-state index < -0.39 is 0 Å². The van der Waals surface area contributed by atoms with Gasteiger partial charge >= 0.3 is 0 Å². The summed E-state index contributed by atoms with van der Waals surface area (Å²) in [5, 5.41) is 7.32. The van der Waals surface area contributed by atoms with Gasteiger partial charge in [0, 0.05) is 38.8 Å². The zero-order valence-corrected chi connectivity index (χ0v) is 19.7. The SMILES string of the molecule is CN=C(NCC1(Cc2ccccc2)CC1)NC1CCN(C2CCCC2)CC1.I. The Hall–Kier alpha value is -0.820. The number of nitrogens with one attached hydrogen (secondary N) is 2. The number of rotatable bonds is 6. The number of nitrogens with zero attached hydrogens (tertiary/aromatic N) is 2. The summed E-state index contributed by atoms with van der Waals surface area (Å²) >= 11 is 0. The number of hydrogen-bond donors (Lipinski definition) is 2. The molecule has 2 saturated carbocycles. The zero-order valence-electron chi connectivity index (χ0n) is 17.3. The van der Waals surface area contributed by atoms with Crippen LogP contribution in [0.15, 0.2) is 35.3 Å². The van der Waals surface area contributed by atoms with E-state index in [0.29, 0.717) is 11.5 Å². The Bertz CT molecular complexity index is 615. The molecule has 28 heavy (non-hydrogen) atoms. The Morgan fingerprint density at radius 3 is 2.36 bits per heavy atom. The fraction of sp³-hybridized carbons (Fsp3) is 0.696. The molecule has 0 spiro atoms. The van der Waals surface area contributed by atoms with Crippen LogP contribution in [0.25, 0.3) is 0 Å². The second kappa shape index (κ2) is 10.3. The van der Waals surface area contributed by atoms with Gasteiger partial charge in [0.2, 0.25) is 0 Å². The third kappa shape index (κ3) is 5.85. The topological polar surface area (TPSA) is 39.7 Å². The van der Waals surface area contributed by atoms with Gasteiger partial charge in [0.05, 0.1) is 0 Å². The van der Waals surface area contributed by atoms with Crippen molar-refractivity contribution in [2.24, 2.45) is 10.4 Å². The number of benzene rings is 1. The number of hydrogen-bond acceptors (Lipinski definition) is 2. The fourth-order valence-electron chi connectivity index (χ4n) is 4.96. The number of guanidine groups is 1. The van der Waals surface area contributed by atoms with E-state index in [1.807, 2.05) is 7.05 Å². The lowest BCUT2D eigenvalue weighted by molar-refractivity contribution is 0.150. The molecule has 3 fully saturated rings. The predicted molar refractivity (Wildman–Crippen MR) is 129 cm³/mol. The Labute approximate surface area is 188 Å². The van der Waals surface area contributed by atoms with Crippen molar-refractivity contribution in [1.82, 2.24) is 15.5 Å². The van der Waals surface area contributed by atoms with Crippen LogP contribution < -0.4 is 10.6 Å². The Kier molecular flexibility index (Phi) is 8.03. The zero-order chi connectivity index (χ0) is 18.5. The largest absolute Gasteiger partial charge is 0.356 e. The van der Waals surface area contributed by atoms with Crippen LogP contribution in [0.4, 0.5) is 0 Å². The van der Waals surface area contributed by atoms with Gasteiger partial charge < -0.3 is 15.5 Å². The highest BCUT2D eigenvalue weighted by atomic mass is 127. The van der Waals surface area contributed by atoms with Gasteiger partial charge in [-0.1, -0.05) is 43.2 Å². The van der Waals surface area contributed by atoms with Gasteiger partial charge in [-0.3, -0.25) is 4.99 Å². The van der Waals surface area contributed by atoms with Crippen molar-refractivity contribution < 1.29 is 0 Å². The van der Waals surface area contributed by atoms with E-state index in [1.165, 1.54) is 76.4 Å². The summed E-state index contributed by atoms with van der Waals surface area (Å²) in [6, 6.07) is 12.4. The van der Waals surface area contributed by atoms with Crippen LogP contribution in [0.2, 0.25) is 0 Å². The minimum atomic E-state index is 0. The van der Waals surface area contributed by atoms with E-state index in [0.717, 1.165) is 18.5 Å². The second-order valence-corrected chi connectivity index (χ2v) is 8.98. The number of aliphatic imine (C=N–C) groups is 1. The smallest absolute Gasteiger partial charge is 0.191 e. The number of piperidine rings is 1. The van der Waals surface area contributed by atoms with Crippen LogP contribution in [-0.2, 0) is 6.42 Å². The van der Waals surface area contributed by atoms with Gasteiger partial charge in [0.1, 0.15) is 0 Å². The first kappa shape index (κ1) is 21.9. The van der Waals surface area contributed by atoms with Crippen molar-refractivity contribution in [1.29, 1.82) is 0 Å². The molecule has 156 valence electrons. The predicted octanol–water partition coefficient (Wildman–Crippen LogP) is 4.20. The van der Waals surface area contributed by atoms with Crippen molar-refractivity contribution in [3.05, 3.63) is 35.9 Å². The van der Waals surface area contributed by atoms with E-state index in [1.54, 1.807) is 0 Å². The van der Waals surface area contributed by atoms with Crippen molar-refractivity contribution in [3.63, 3.8) is 0 Å². The molecule has 3 aliphatic rings. The minimum Gasteiger partial charge on any atom is -0.356 e. The Morgan fingerprint density at radius 2 is 1.75 bits per heavy atom. The molecular formula is C23H37IN4. The number of likely N-dealkylation sites (tertiary alicyclic amines) is 1. The van der Waals surface area contributed by atoms with Gasteiger partial charge in [-0.05, 0) is 55.9 Å². The summed E-state index contributed by atoms with van der Waals surface area (Å²) in [7, 11) is 1.90. The molecule has 4 rings (SSSR count). The number of halogens is 1. The monoisotopic (exact) mass is 496 g/mol. The summed E-state index contributed by atoms with van der Waals surface area (Å²) in [6.45, 7) is 3.52. The molecule has 0 aromatic heterocycles. The molecule has 2 N–H and O–H groups in total. The standard InChI is InChI=1S/C23H36N4.HI/c1-24-22(25-18-23(13-14-23)17-19-7-3-2-4-8-19)26-20-11-15-27(16-12-20)21-9-5-6-10-21;/h2-4,7-8,20-21H,5-6,9-18H2,1H3,(H2,24,25,26);1H. The van der Waals surface area contributed by atoms with Gasteiger partial charge in [-0.15, -0.1) is 24.0 Å². The third-order valence-corrected chi connectivity index (χ3v) is 6.94. The molecule has 5 heteroatoms. The molecular weight excluding hydrogens is 459 g/mol. The minimum absolute atomic E-state index is 0. The first-order chi connectivity index (χ1) is 13.3. The Balaban J connectivity index is 0.00000225. The lowest BCUT2D eigenvalue weighted by Gasteiger charge is -2.36. The van der Waals surface area contributed by atoms with Gasteiger partial charge in [0.15, 0.2) is 5.96 Å². The lowest BCUT2D eigenvalue weighted by atomic mass is 9.96. The summed E-state index contributed by atoms with van der Waals surface area (Å²) in [5.74, 6) is 0.994. The summed E-state index contributed by atoms with van der Waals surface area (Å²) in [6.07, 6.45) is 12.0.